The van der Waals surface area contributed by atoms with Crippen LogP contribution in [0.25, 0.3) is 0 Å². The lowest BCUT2D eigenvalue weighted by atomic mass is 10.0. The number of carbonyl (C=O) groups excluding carboxylic acids is 1. The smallest absolute Gasteiger partial charge is 0.220 e. The number of nitrogens with one attached hydrogen (secondary N) is 1. The zero-order valence-electron chi connectivity index (χ0n) is 41.8. The number of allylic oxidation sites excluding steroid dienone is 13. The summed E-state index contributed by atoms with van der Waals surface area (Å²) >= 11 is 0. The highest BCUT2D eigenvalue weighted by molar-refractivity contribution is 5.76. The molecule has 0 aromatic heterocycles. The monoisotopic (exact) mass is 876 g/mol. The molecule has 2 unspecified atom stereocenters. The Kier molecular flexibility index (Phi) is 51.8. The van der Waals surface area contributed by atoms with Gasteiger partial charge in [0.15, 0.2) is 0 Å². The van der Waals surface area contributed by atoms with Crippen LogP contribution < -0.4 is 5.32 Å². The van der Waals surface area contributed by atoms with Crippen LogP contribution in [0, 0.1) is 0 Å². The average Bonchev–Trinajstić information content (AvgIpc) is 3.29. The van der Waals surface area contributed by atoms with E-state index in [1.165, 1.54) is 180 Å². The van der Waals surface area contributed by atoms with Crippen LogP contribution in [-0.2, 0) is 4.79 Å². The van der Waals surface area contributed by atoms with Crippen molar-refractivity contribution in [2.45, 2.75) is 276 Å². The predicted molar refractivity (Wildman–Crippen MR) is 280 cm³/mol. The molecule has 4 heteroatoms. The van der Waals surface area contributed by atoms with E-state index < -0.39 is 12.1 Å². The van der Waals surface area contributed by atoms with E-state index in [-0.39, 0.29) is 12.5 Å². The minimum absolute atomic E-state index is 0.0645. The predicted octanol–water partition coefficient (Wildman–Crippen LogP) is 18.0. The van der Waals surface area contributed by atoms with Gasteiger partial charge in [-0.15, -0.1) is 0 Å². The molecule has 0 rings (SSSR count). The Balaban J connectivity index is 3.51. The molecular weight excluding hydrogens is 771 g/mol. The zero-order chi connectivity index (χ0) is 45.6. The Labute approximate surface area is 392 Å². The first kappa shape index (κ1) is 60.6. The molecule has 0 fully saturated rings. The molecule has 0 aliphatic heterocycles. The normalized spacial score (nSPS) is 13.5. The lowest BCUT2D eigenvalue weighted by Gasteiger charge is -2.20. The van der Waals surface area contributed by atoms with Gasteiger partial charge in [-0.05, 0) is 70.6 Å². The summed E-state index contributed by atoms with van der Waals surface area (Å²) in [5.74, 6) is -0.0645. The fourth-order valence-electron chi connectivity index (χ4n) is 8.01. The summed E-state index contributed by atoms with van der Waals surface area (Å²) in [5, 5.41) is 23.1. The number of hydrogen-bond acceptors (Lipinski definition) is 3. The van der Waals surface area contributed by atoms with Crippen molar-refractivity contribution in [1.82, 2.24) is 5.32 Å². The summed E-state index contributed by atoms with van der Waals surface area (Å²) in [7, 11) is 0. The second-order valence-corrected chi connectivity index (χ2v) is 18.3. The van der Waals surface area contributed by atoms with Crippen LogP contribution in [0.1, 0.15) is 264 Å². The molecule has 63 heavy (non-hydrogen) atoms. The molecule has 0 heterocycles. The van der Waals surface area contributed by atoms with Gasteiger partial charge in [0.05, 0.1) is 18.8 Å². The van der Waals surface area contributed by atoms with Crippen molar-refractivity contribution in [3.8, 4) is 0 Å². The lowest BCUT2D eigenvalue weighted by molar-refractivity contribution is -0.123. The van der Waals surface area contributed by atoms with Gasteiger partial charge in [0, 0.05) is 6.42 Å². The average molecular weight is 876 g/mol. The molecule has 0 radical (unpaired) electrons. The third kappa shape index (κ3) is 50.4. The zero-order valence-corrected chi connectivity index (χ0v) is 41.8. The molecule has 0 bridgehead atoms. The number of amides is 1. The van der Waals surface area contributed by atoms with Crippen LogP contribution in [-0.4, -0.2) is 34.9 Å². The molecule has 4 nitrogen and oxygen atoms in total. The minimum Gasteiger partial charge on any atom is -0.394 e. The summed E-state index contributed by atoms with van der Waals surface area (Å²) in [6.07, 6.45) is 78.8. The van der Waals surface area contributed by atoms with Gasteiger partial charge >= 0.3 is 0 Å². The quantitative estimate of drug-likeness (QED) is 0.0421. The van der Waals surface area contributed by atoms with Gasteiger partial charge < -0.3 is 15.5 Å². The second-order valence-electron chi connectivity index (χ2n) is 18.3. The Bertz CT molecular complexity index is 1130. The molecule has 2 atom stereocenters. The largest absolute Gasteiger partial charge is 0.394 e. The van der Waals surface area contributed by atoms with Gasteiger partial charge in [-0.3, -0.25) is 4.79 Å². The fourth-order valence-corrected chi connectivity index (χ4v) is 8.01. The summed E-state index contributed by atoms with van der Waals surface area (Å²) in [6, 6.07) is -0.625. The molecule has 0 aromatic carbocycles. The molecule has 0 saturated carbocycles. The second kappa shape index (κ2) is 53.9. The first-order valence-corrected chi connectivity index (χ1v) is 27.3. The van der Waals surface area contributed by atoms with Crippen molar-refractivity contribution >= 4 is 5.91 Å². The third-order valence-electron chi connectivity index (χ3n) is 12.1. The number of rotatable bonds is 49. The van der Waals surface area contributed by atoms with Crippen LogP contribution in [0.5, 0.6) is 0 Å². The van der Waals surface area contributed by atoms with Crippen LogP contribution in [0.2, 0.25) is 0 Å². The summed E-state index contributed by atoms with van der Waals surface area (Å²) in [6.45, 7) is 4.20. The highest BCUT2D eigenvalue weighted by Gasteiger charge is 2.18. The first-order chi connectivity index (χ1) is 31.2. The molecule has 3 N–H and O–H groups in total. The molecule has 0 spiro atoms. The van der Waals surface area contributed by atoms with Crippen LogP contribution >= 0.6 is 0 Å². The van der Waals surface area contributed by atoms with Crippen molar-refractivity contribution in [2.24, 2.45) is 0 Å². The summed E-state index contributed by atoms with van der Waals surface area (Å²) < 4.78 is 0. The van der Waals surface area contributed by atoms with Gasteiger partial charge in [0.1, 0.15) is 0 Å². The molecule has 0 saturated heterocycles. The highest BCUT2D eigenvalue weighted by Crippen LogP contribution is 2.16. The van der Waals surface area contributed by atoms with Crippen molar-refractivity contribution in [3.05, 3.63) is 85.1 Å². The topological polar surface area (TPSA) is 69.6 Å². The van der Waals surface area contributed by atoms with E-state index in [9.17, 15) is 15.0 Å². The number of aliphatic hydroxyl groups is 2. The van der Waals surface area contributed by atoms with E-state index in [0.29, 0.717) is 6.42 Å². The van der Waals surface area contributed by atoms with Crippen LogP contribution in [0.3, 0.4) is 0 Å². The Hall–Kier alpha value is -2.43. The van der Waals surface area contributed by atoms with Crippen molar-refractivity contribution < 1.29 is 15.0 Å². The van der Waals surface area contributed by atoms with E-state index in [4.69, 9.17) is 0 Å². The first-order valence-electron chi connectivity index (χ1n) is 27.3. The Morgan fingerprint density at radius 3 is 1.05 bits per heavy atom. The van der Waals surface area contributed by atoms with E-state index in [1.54, 1.807) is 6.08 Å². The van der Waals surface area contributed by atoms with E-state index in [1.807, 2.05) is 6.08 Å². The fraction of sp³-hybridized carbons (Fsp3) is 0.746. The maximum Gasteiger partial charge on any atom is 0.220 e. The van der Waals surface area contributed by atoms with Gasteiger partial charge in [0.2, 0.25) is 5.91 Å². The van der Waals surface area contributed by atoms with Gasteiger partial charge in [-0.25, -0.2) is 0 Å². The van der Waals surface area contributed by atoms with E-state index in [0.717, 1.165) is 64.2 Å². The third-order valence-corrected chi connectivity index (χ3v) is 12.1. The highest BCUT2D eigenvalue weighted by atomic mass is 16.3. The maximum atomic E-state index is 12.5. The number of carbonyl (C=O) groups is 1. The number of aliphatic hydroxyl groups excluding tert-OH is 2. The Morgan fingerprint density at radius 1 is 0.397 bits per heavy atom. The molecule has 364 valence electrons. The number of unbranched alkanes of at least 4 members (excludes halogenated alkanes) is 30. The molecule has 0 aliphatic rings. The van der Waals surface area contributed by atoms with Gasteiger partial charge in [-0.2, -0.15) is 0 Å². The van der Waals surface area contributed by atoms with Crippen molar-refractivity contribution in [2.75, 3.05) is 6.61 Å². The Morgan fingerprint density at radius 2 is 0.698 bits per heavy atom. The van der Waals surface area contributed by atoms with E-state index >= 15 is 0 Å². The molecule has 0 aromatic rings. The molecular formula is C59H105NO3. The minimum atomic E-state index is -0.842. The number of hydrogen-bond donors (Lipinski definition) is 3. The summed E-state index contributed by atoms with van der Waals surface area (Å²) in [4.78, 5) is 12.5. The molecule has 0 aliphatic carbocycles. The van der Waals surface area contributed by atoms with E-state index in [2.05, 4.69) is 92.1 Å². The molecule has 1 amide bonds. The van der Waals surface area contributed by atoms with Crippen molar-refractivity contribution in [1.29, 1.82) is 0 Å². The summed E-state index contributed by atoms with van der Waals surface area (Å²) in [5.41, 5.74) is 0. The van der Waals surface area contributed by atoms with Crippen LogP contribution in [0.15, 0.2) is 85.1 Å². The van der Waals surface area contributed by atoms with Crippen LogP contribution in [0.4, 0.5) is 0 Å². The van der Waals surface area contributed by atoms with Gasteiger partial charge in [0.25, 0.3) is 0 Å². The van der Waals surface area contributed by atoms with Crippen molar-refractivity contribution in [3.63, 3.8) is 0 Å². The lowest BCUT2D eigenvalue weighted by Crippen LogP contribution is -2.45. The standard InChI is InChI=1S/C59H105NO3/c1-3-5-7-9-11-13-15-17-19-21-22-23-24-25-26-27-28-29-30-31-32-33-34-35-36-37-38-39-41-43-45-47-49-51-53-55-59(63)60-57(56-61)58(62)54-52-50-48-46-44-42-40-20-18-16-14-12-10-8-6-4-2/h5,7,11,13,17,19,22-23,25-26,28-29,52,54,57-58,61-62H,3-4,6,8-10,12,14-16,18,20-21,24,27,30-51,53,55-56H2,1-2H3,(H,60,63)/b7-5-,13-11-,19-17-,23-22-,26-25-,29-28-,54-52+. The maximum absolute atomic E-state index is 12.5. The SMILES string of the molecule is CC/C=C\C/C=C\C/C=C\C/C=C\C/C=C\C/C=C\CCCCCCCCCCCCCCCCCCC(=O)NC(CO)C(O)/C=C/CCCCCCCCCCCCCCCC. The van der Waals surface area contributed by atoms with Gasteiger partial charge in [-0.1, -0.05) is 272 Å².